The van der Waals surface area contributed by atoms with Gasteiger partial charge < -0.3 is 20.3 Å². The number of nitrogens with two attached hydrogens (primary N) is 1. The molecule has 6 heteroatoms. The highest BCUT2D eigenvalue weighted by molar-refractivity contribution is 5.86. The van der Waals surface area contributed by atoms with Crippen molar-refractivity contribution in [3.8, 4) is 11.5 Å². The van der Waals surface area contributed by atoms with Gasteiger partial charge in [-0.05, 0) is 31.2 Å². The number of hydrogen-bond donors (Lipinski definition) is 2. The standard InChI is InChI=1S/C13H15NO5/c1-8(13(14)17)19-11-5-4-10(18-2)7-9(11)3-6-12(15)16/h3-8H,1-2H3,(H2,14,17)(H,15,16)/b6-3+. The first-order chi connectivity index (χ1) is 8.93. The number of rotatable bonds is 6. The van der Waals surface area contributed by atoms with E-state index in [9.17, 15) is 9.59 Å². The SMILES string of the molecule is COc1ccc(OC(C)C(N)=O)c(/C=C/C(=O)O)c1. The Hall–Kier alpha value is -2.50. The van der Waals surface area contributed by atoms with Gasteiger partial charge >= 0.3 is 5.97 Å². The third-order valence-corrected chi connectivity index (χ3v) is 2.33. The van der Waals surface area contributed by atoms with E-state index in [0.717, 1.165) is 6.08 Å². The largest absolute Gasteiger partial charge is 0.497 e. The lowest BCUT2D eigenvalue weighted by Crippen LogP contribution is -2.30. The Labute approximate surface area is 110 Å². The van der Waals surface area contributed by atoms with Gasteiger partial charge in [-0.3, -0.25) is 4.79 Å². The maximum Gasteiger partial charge on any atom is 0.328 e. The normalized spacial score (nSPS) is 12.1. The summed E-state index contributed by atoms with van der Waals surface area (Å²) in [7, 11) is 1.49. The lowest BCUT2D eigenvalue weighted by Gasteiger charge is -2.14. The van der Waals surface area contributed by atoms with Crippen LogP contribution in [-0.2, 0) is 9.59 Å². The van der Waals surface area contributed by atoms with Crippen molar-refractivity contribution >= 4 is 18.0 Å². The number of carbonyl (C=O) groups excluding carboxylic acids is 1. The molecule has 0 bridgehead atoms. The van der Waals surface area contributed by atoms with Crippen LogP contribution in [0.25, 0.3) is 6.08 Å². The van der Waals surface area contributed by atoms with Crippen molar-refractivity contribution in [1.29, 1.82) is 0 Å². The lowest BCUT2D eigenvalue weighted by molar-refractivity contribution is -0.131. The molecular formula is C13H15NO5. The Kier molecular flexibility index (Phi) is 4.93. The zero-order valence-corrected chi connectivity index (χ0v) is 10.6. The Morgan fingerprint density at radius 2 is 2.11 bits per heavy atom. The monoisotopic (exact) mass is 265 g/mol. The number of carboxylic acids is 1. The van der Waals surface area contributed by atoms with Crippen LogP contribution in [0.2, 0.25) is 0 Å². The summed E-state index contributed by atoms with van der Waals surface area (Å²) >= 11 is 0. The molecule has 0 spiro atoms. The Bertz CT molecular complexity index is 510. The van der Waals surface area contributed by atoms with Crippen molar-refractivity contribution < 1.29 is 24.2 Å². The summed E-state index contributed by atoms with van der Waals surface area (Å²) in [6.45, 7) is 1.51. The van der Waals surface area contributed by atoms with Crippen LogP contribution in [0.3, 0.4) is 0 Å². The molecule has 0 aromatic heterocycles. The van der Waals surface area contributed by atoms with Gasteiger partial charge in [-0.15, -0.1) is 0 Å². The number of carbonyl (C=O) groups is 2. The van der Waals surface area contributed by atoms with E-state index < -0.39 is 18.0 Å². The van der Waals surface area contributed by atoms with E-state index in [1.807, 2.05) is 0 Å². The molecule has 1 aromatic carbocycles. The van der Waals surface area contributed by atoms with Crippen LogP contribution in [-0.4, -0.2) is 30.2 Å². The molecule has 0 aliphatic carbocycles. The van der Waals surface area contributed by atoms with Gasteiger partial charge in [0.25, 0.3) is 5.91 Å². The molecule has 1 amide bonds. The number of amides is 1. The number of carboxylic acid groups (broad SMARTS) is 1. The predicted octanol–water partition coefficient (Wildman–Crippen LogP) is 1.05. The summed E-state index contributed by atoms with van der Waals surface area (Å²) in [6, 6.07) is 4.82. The molecule has 0 saturated heterocycles. The molecule has 0 radical (unpaired) electrons. The number of methoxy groups -OCH3 is 1. The minimum Gasteiger partial charge on any atom is -0.497 e. The minimum atomic E-state index is -1.09. The number of aliphatic carboxylic acids is 1. The van der Waals surface area contributed by atoms with Crippen LogP contribution in [0.5, 0.6) is 11.5 Å². The highest BCUT2D eigenvalue weighted by Crippen LogP contribution is 2.26. The average Bonchev–Trinajstić information content (AvgIpc) is 2.37. The molecule has 0 aliphatic rings. The van der Waals surface area contributed by atoms with Crippen molar-refractivity contribution in [1.82, 2.24) is 0 Å². The highest BCUT2D eigenvalue weighted by Gasteiger charge is 2.12. The van der Waals surface area contributed by atoms with Crippen LogP contribution < -0.4 is 15.2 Å². The summed E-state index contributed by atoms with van der Waals surface area (Å²) in [5.41, 5.74) is 5.59. The van der Waals surface area contributed by atoms with Crippen LogP contribution >= 0.6 is 0 Å². The third kappa shape index (κ3) is 4.34. The highest BCUT2D eigenvalue weighted by atomic mass is 16.5. The first kappa shape index (κ1) is 14.6. The van der Waals surface area contributed by atoms with Crippen LogP contribution in [0.4, 0.5) is 0 Å². The Morgan fingerprint density at radius 1 is 1.42 bits per heavy atom. The summed E-state index contributed by atoms with van der Waals surface area (Å²) < 4.78 is 10.4. The van der Waals surface area contributed by atoms with E-state index in [0.29, 0.717) is 17.1 Å². The third-order valence-electron chi connectivity index (χ3n) is 2.33. The van der Waals surface area contributed by atoms with Crippen molar-refractivity contribution in [2.45, 2.75) is 13.0 Å². The van der Waals surface area contributed by atoms with E-state index in [2.05, 4.69) is 0 Å². The van der Waals surface area contributed by atoms with Crippen molar-refractivity contribution in [3.63, 3.8) is 0 Å². The summed E-state index contributed by atoms with van der Waals surface area (Å²) in [5.74, 6) is -0.797. The molecule has 3 N–H and O–H groups in total. The second kappa shape index (κ2) is 6.44. The van der Waals surface area contributed by atoms with Crippen LogP contribution in [0, 0.1) is 0 Å². The fourth-order valence-electron chi connectivity index (χ4n) is 1.30. The second-order valence-electron chi connectivity index (χ2n) is 3.74. The predicted molar refractivity (Wildman–Crippen MR) is 68.9 cm³/mol. The molecule has 102 valence electrons. The fraction of sp³-hybridized carbons (Fsp3) is 0.231. The molecule has 1 rings (SSSR count). The number of benzene rings is 1. The Balaban J connectivity index is 3.08. The van der Waals surface area contributed by atoms with Crippen LogP contribution in [0.15, 0.2) is 24.3 Å². The molecule has 0 saturated carbocycles. The molecule has 1 atom stereocenters. The van der Waals surface area contributed by atoms with Gasteiger partial charge in [0, 0.05) is 11.6 Å². The molecule has 0 fully saturated rings. The van der Waals surface area contributed by atoms with Crippen LogP contribution in [0.1, 0.15) is 12.5 Å². The molecule has 1 aromatic rings. The molecule has 0 aliphatic heterocycles. The van der Waals surface area contributed by atoms with E-state index >= 15 is 0 Å². The van der Waals surface area contributed by atoms with Gasteiger partial charge in [-0.25, -0.2) is 4.79 Å². The summed E-state index contributed by atoms with van der Waals surface area (Å²) in [5, 5.41) is 8.63. The topological polar surface area (TPSA) is 98.9 Å². The number of ether oxygens (including phenoxy) is 2. The Morgan fingerprint density at radius 3 is 2.63 bits per heavy atom. The molecule has 0 heterocycles. The van der Waals surface area contributed by atoms with Crippen molar-refractivity contribution in [2.75, 3.05) is 7.11 Å². The van der Waals surface area contributed by atoms with E-state index in [4.69, 9.17) is 20.3 Å². The molecule has 1 unspecified atom stereocenters. The maximum atomic E-state index is 11.0. The number of primary amides is 1. The fourth-order valence-corrected chi connectivity index (χ4v) is 1.30. The molecule has 6 nitrogen and oxygen atoms in total. The van der Waals surface area contributed by atoms with Gasteiger partial charge in [0.1, 0.15) is 11.5 Å². The minimum absolute atomic E-state index is 0.351. The molecule has 19 heavy (non-hydrogen) atoms. The zero-order chi connectivity index (χ0) is 14.4. The molecular weight excluding hydrogens is 250 g/mol. The zero-order valence-electron chi connectivity index (χ0n) is 10.6. The van der Waals surface area contributed by atoms with E-state index in [1.165, 1.54) is 20.1 Å². The van der Waals surface area contributed by atoms with Crippen molar-refractivity contribution in [2.24, 2.45) is 5.73 Å². The van der Waals surface area contributed by atoms with Gasteiger partial charge in [-0.1, -0.05) is 0 Å². The summed E-state index contributed by atoms with van der Waals surface area (Å²) in [4.78, 5) is 21.5. The lowest BCUT2D eigenvalue weighted by atomic mass is 10.1. The van der Waals surface area contributed by atoms with E-state index in [-0.39, 0.29) is 0 Å². The first-order valence-corrected chi connectivity index (χ1v) is 5.49. The van der Waals surface area contributed by atoms with Gasteiger partial charge in [-0.2, -0.15) is 0 Å². The van der Waals surface area contributed by atoms with Gasteiger partial charge in [0.15, 0.2) is 6.10 Å². The summed E-state index contributed by atoms with van der Waals surface area (Å²) in [6.07, 6.45) is 1.51. The first-order valence-electron chi connectivity index (χ1n) is 5.49. The smallest absolute Gasteiger partial charge is 0.328 e. The quantitative estimate of drug-likeness (QED) is 0.749. The van der Waals surface area contributed by atoms with Gasteiger partial charge in [0.2, 0.25) is 0 Å². The van der Waals surface area contributed by atoms with Gasteiger partial charge in [0.05, 0.1) is 7.11 Å². The average molecular weight is 265 g/mol. The second-order valence-corrected chi connectivity index (χ2v) is 3.74. The van der Waals surface area contributed by atoms with E-state index in [1.54, 1.807) is 18.2 Å². The van der Waals surface area contributed by atoms with Crippen molar-refractivity contribution in [3.05, 3.63) is 29.8 Å². The number of hydrogen-bond acceptors (Lipinski definition) is 4. The maximum absolute atomic E-state index is 11.0.